The van der Waals surface area contributed by atoms with Crippen LogP contribution in [-0.4, -0.2) is 15.9 Å². The SMILES string of the molecule is O=C(Nc1cc(Cl)cc(Cl)c1)c1cnc(Cl)cn1. The fourth-order valence-corrected chi connectivity index (χ4v) is 1.87. The van der Waals surface area contributed by atoms with Crippen molar-refractivity contribution < 1.29 is 4.79 Å². The van der Waals surface area contributed by atoms with Gasteiger partial charge >= 0.3 is 0 Å². The Hall–Kier alpha value is -1.36. The Balaban J connectivity index is 2.18. The smallest absolute Gasteiger partial charge is 0.275 e. The minimum absolute atomic E-state index is 0.149. The van der Waals surface area contributed by atoms with E-state index in [1.54, 1.807) is 18.2 Å². The molecular weight excluding hydrogens is 296 g/mol. The van der Waals surface area contributed by atoms with Gasteiger partial charge in [-0.05, 0) is 18.2 Å². The van der Waals surface area contributed by atoms with Crippen LogP contribution >= 0.6 is 34.8 Å². The number of nitrogens with one attached hydrogen (secondary N) is 1. The van der Waals surface area contributed by atoms with Crippen LogP contribution in [0.5, 0.6) is 0 Å². The number of anilines is 1. The van der Waals surface area contributed by atoms with Crippen LogP contribution in [0.15, 0.2) is 30.6 Å². The maximum absolute atomic E-state index is 11.8. The average Bonchev–Trinajstić information content (AvgIpc) is 2.28. The van der Waals surface area contributed by atoms with Crippen molar-refractivity contribution in [3.63, 3.8) is 0 Å². The molecule has 0 saturated carbocycles. The van der Waals surface area contributed by atoms with Crippen LogP contribution in [0.1, 0.15) is 10.5 Å². The third-order valence-corrected chi connectivity index (χ3v) is 2.61. The second kappa shape index (κ2) is 5.52. The number of amides is 1. The predicted octanol–water partition coefficient (Wildman–Crippen LogP) is 3.69. The van der Waals surface area contributed by atoms with Crippen LogP contribution in [0.25, 0.3) is 0 Å². The number of carbonyl (C=O) groups excluding carboxylic acids is 1. The van der Waals surface area contributed by atoms with E-state index in [0.717, 1.165) is 0 Å². The molecule has 0 saturated heterocycles. The van der Waals surface area contributed by atoms with Crippen molar-refractivity contribution in [1.82, 2.24) is 9.97 Å². The molecule has 2 rings (SSSR count). The topological polar surface area (TPSA) is 54.9 Å². The molecule has 0 radical (unpaired) electrons. The molecule has 92 valence electrons. The second-order valence-corrected chi connectivity index (χ2v) is 4.60. The fraction of sp³-hybridized carbons (Fsp3) is 0. The highest BCUT2D eigenvalue weighted by molar-refractivity contribution is 6.35. The molecule has 2 aromatic rings. The molecule has 0 spiro atoms. The maximum atomic E-state index is 11.8. The molecule has 1 aromatic heterocycles. The molecule has 0 aliphatic heterocycles. The third-order valence-electron chi connectivity index (χ3n) is 1.97. The summed E-state index contributed by atoms with van der Waals surface area (Å²) in [6, 6.07) is 4.73. The first kappa shape index (κ1) is 13.1. The van der Waals surface area contributed by atoms with Crippen molar-refractivity contribution >= 4 is 46.4 Å². The standard InChI is InChI=1S/C11H6Cl3N3O/c12-6-1-7(13)3-8(2-6)17-11(18)9-4-16-10(14)5-15-9/h1-5H,(H,17,18). The van der Waals surface area contributed by atoms with Crippen molar-refractivity contribution in [2.24, 2.45) is 0 Å². The molecule has 1 N–H and O–H groups in total. The monoisotopic (exact) mass is 301 g/mol. The normalized spacial score (nSPS) is 10.2. The Kier molecular flexibility index (Phi) is 4.01. The molecule has 18 heavy (non-hydrogen) atoms. The van der Waals surface area contributed by atoms with Gasteiger partial charge in [0.15, 0.2) is 0 Å². The van der Waals surface area contributed by atoms with Gasteiger partial charge in [0.05, 0.1) is 12.4 Å². The number of hydrogen-bond donors (Lipinski definition) is 1. The van der Waals surface area contributed by atoms with Gasteiger partial charge < -0.3 is 5.32 Å². The van der Waals surface area contributed by atoms with Crippen molar-refractivity contribution in [2.75, 3.05) is 5.32 Å². The van der Waals surface area contributed by atoms with E-state index in [4.69, 9.17) is 34.8 Å². The predicted molar refractivity (Wildman–Crippen MR) is 71.5 cm³/mol. The van der Waals surface area contributed by atoms with E-state index >= 15 is 0 Å². The van der Waals surface area contributed by atoms with E-state index in [-0.39, 0.29) is 10.8 Å². The largest absolute Gasteiger partial charge is 0.321 e. The Labute approximate surface area is 118 Å². The maximum Gasteiger partial charge on any atom is 0.275 e. The highest BCUT2D eigenvalue weighted by Gasteiger charge is 2.09. The Morgan fingerprint density at radius 2 is 1.67 bits per heavy atom. The van der Waals surface area contributed by atoms with Crippen LogP contribution in [0, 0.1) is 0 Å². The van der Waals surface area contributed by atoms with E-state index in [9.17, 15) is 4.79 Å². The summed E-state index contributed by atoms with van der Waals surface area (Å²) in [6.07, 6.45) is 2.57. The minimum atomic E-state index is -0.419. The van der Waals surface area contributed by atoms with Gasteiger partial charge in [-0.15, -0.1) is 0 Å². The molecule has 0 unspecified atom stereocenters. The van der Waals surface area contributed by atoms with Crippen molar-refractivity contribution in [2.45, 2.75) is 0 Å². The first-order valence-corrected chi connectivity index (χ1v) is 5.93. The van der Waals surface area contributed by atoms with E-state index in [2.05, 4.69) is 15.3 Å². The molecule has 7 heteroatoms. The van der Waals surface area contributed by atoms with Crippen LogP contribution in [0.4, 0.5) is 5.69 Å². The molecule has 1 heterocycles. The van der Waals surface area contributed by atoms with Gasteiger partial charge in [0.2, 0.25) is 0 Å². The van der Waals surface area contributed by atoms with E-state index in [0.29, 0.717) is 15.7 Å². The first-order valence-electron chi connectivity index (χ1n) is 4.79. The molecule has 4 nitrogen and oxygen atoms in total. The van der Waals surface area contributed by atoms with Gasteiger partial charge in [-0.25, -0.2) is 9.97 Å². The summed E-state index contributed by atoms with van der Waals surface area (Å²) < 4.78 is 0. The fourth-order valence-electron chi connectivity index (χ4n) is 1.25. The molecule has 0 atom stereocenters. The van der Waals surface area contributed by atoms with Crippen LogP contribution in [0.3, 0.4) is 0 Å². The highest BCUT2D eigenvalue weighted by atomic mass is 35.5. The Bertz CT molecular complexity index is 566. The van der Waals surface area contributed by atoms with Gasteiger partial charge in [0, 0.05) is 15.7 Å². The van der Waals surface area contributed by atoms with Gasteiger partial charge in [-0.3, -0.25) is 4.79 Å². The van der Waals surface area contributed by atoms with Crippen LogP contribution < -0.4 is 5.32 Å². The lowest BCUT2D eigenvalue weighted by Gasteiger charge is -2.05. The molecule has 1 aromatic carbocycles. The number of rotatable bonds is 2. The molecule has 1 amide bonds. The number of nitrogens with zero attached hydrogens (tertiary/aromatic N) is 2. The summed E-state index contributed by atoms with van der Waals surface area (Å²) in [7, 11) is 0. The summed E-state index contributed by atoms with van der Waals surface area (Å²) in [5.41, 5.74) is 0.629. The second-order valence-electron chi connectivity index (χ2n) is 3.34. The van der Waals surface area contributed by atoms with E-state index in [1.165, 1.54) is 12.4 Å². The van der Waals surface area contributed by atoms with Gasteiger partial charge in [0.1, 0.15) is 10.8 Å². The zero-order valence-corrected chi connectivity index (χ0v) is 11.1. The van der Waals surface area contributed by atoms with Crippen LogP contribution in [-0.2, 0) is 0 Å². The van der Waals surface area contributed by atoms with Gasteiger partial charge in [-0.1, -0.05) is 34.8 Å². The molecule has 0 bridgehead atoms. The van der Waals surface area contributed by atoms with Crippen molar-refractivity contribution in [3.05, 3.63) is 51.5 Å². The average molecular weight is 303 g/mol. The van der Waals surface area contributed by atoms with E-state index in [1.807, 2.05) is 0 Å². The molecule has 0 aliphatic carbocycles. The van der Waals surface area contributed by atoms with Gasteiger partial charge in [0.25, 0.3) is 5.91 Å². The zero-order valence-electron chi connectivity index (χ0n) is 8.82. The van der Waals surface area contributed by atoms with Crippen LogP contribution in [0.2, 0.25) is 15.2 Å². The number of hydrogen-bond acceptors (Lipinski definition) is 3. The summed E-state index contributed by atoms with van der Waals surface area (Å²) in [6.45, 7) is 0. The number of halogens is 3. The first-order chi connectivity index (χ1) is 8.54. The summed E-state index contributed by atoms with van der Waals surface area (Å²) >= 11 is 17.2. The number of carbonyl (C=O) groups is 1. The molecule has 0 aliphatic rings. The summed E-state index contributed by atoms with van der Waals surface area (Å²) in [4.78, 5) is 19.4. The quantitative estimate of drug-likeness (QED) is 0.920. The molecular formula is C11H6Cl3N3O. The summed E-state index contributed by atoms with van der Waals surface area (Å²) in [5, 5.41) is 3.69. The summed E-state index contributed by atoms with van der Waals surface area (Å²) in [5.74, 6) is -0.419. The zero-order chi connectivity index (χ0) is 13.1. The highest BCUT2D eigenvalue weighted by Crippen LogP contribution is 2.22. The van der Waals surface area contributed by atoms with E-state index < -0.39 is 5.91 Å². The number of benzene rings is 1. The minimum Gasteiger partial charge on any atom is -0.321 e. The lowest BCUT2D eigenvalue weighted by Crippen LogP contribution is -2.13. The third kappa shape index (κ3) is 3.32. The lowest BCUT2D eigenvalue weighted by molar-refractivity contribution is 0.102. The molecule has 0 fully saturated rings. The lowest BCUT2D eigenvalue weighted by atomic mass is 10.3. The van der Waals surface area contributed by atoms with Crippen molar-refractivity contribution in [1.29, 1.82) is 0 Å². The van der Waals surface area contributed by atoms with Gasteiger partial charge in [-0.2, -0.15) is 0 Å². The van der Waals surface area contributed by atoms with Crippen molar-refractivity contribution in [3.8, 4) is 0 Å². The Morgan fingerprint density at radius 3 is 2.22 bits per heavy atom. The Morgan fingerprint density at radius 1 is 1.00 bits per heavy atom. The number of aromatic nitrogens is 2.